The molecule has 0 aromatic carbocycles. The van der Waals surface area contributed by atoms with Crippen LogP contribution in [-0.4, -0.2) is 36.7 Å². The van der Waals surface area contributed by atoms with Crippen molar-refractivity contribution in [1.29, 1.82) is 0 Å². The molecule has 0 aliphatic carbocycles. The van der Waals surface area contributed by atoms with E-state index in [0.717, 1.165) is 37.4 Å². The first-order chi connectivity index (χ1) is 7.18. The van der Waals surface area contributed by atoms with Crippen LogP contribution in [0.1, 0.15) is 19.8 Å². The number of hydrogen-bond donors (Lipinski definition) is 1. The number of hydrogen-bond acceptors (Lipinski definition) is 3. The Labute approximate surface area is 95.6 Å². The molecule has 1 heterocycles. The zero-order valence-corrected chi connectivity index (χ0v) is 10.1. The van der Waals surface area contributed by atoms with Crippen LogP contribution < -0.4 is 5.32 Å². The highest BCUT2D eigenvalue weighted by molar-refractivity contribution is 8.00. The molecule has 0 aromatic heterocycles. The van der Waals surface area contributed by atoms with E-state index in [-0.39, 0.29) is 5.91 Å². The van der Waals surface area contributed by atoms with E-state index in [1.165, 1.54) is 0 Å². The number of ether oxygens (including phenoxy) is 1. The lowest BCUT2D eigenvalue weighted by molar-refractivity contribution is -0.119. The SMILES string of the molecule is C=C(C)CSCC(=O)NC1CCOCC1. The van der Waals surface area contributed by atoms with Gasteiger partial charge in [-0.15, -0.1) is 11.8 Å². The van der Waals surface area contributed by atoms with E-state index in [1.807, 2.05) is 6.92 Å². The van der Waals surface area contributed by atoms with Gasteiger partial charge in [-0.3, -0.25) is 4.79 Å². The van der Waals surface area contributed by atoms with E-state index in [0.29, 0.717) is 11.8 Å². The van der Waals surface area contributed by atoms with E-state index in [1.54, 1.807) is 11.8 Å². The Morgan fingerprint density at radius 3 is 2.73 bits per heavy atom. The molecule has 0 spiro atoms. The summed E-state index contributed by atoms with van der Waals surface area (Å²) >= 11 is 1.62. The summed E-state index contributed by atoms with van der Waals surface area (Å²) in [6, 6.07) is 0.316. The highest BCUT2D eigenvalue weighted by atomic mass is 32.2. The minimum Gasteiger partial charge on any atom is -0.381 e. The largest absolute Gasteiger partial charge is 0.381 e. The van der Waals surface area contributed by atoms with Gasteiger partial charge in [-0.25, -0.2) is 0 Å². The average Bonchev–Trinajstić information content (AvgIpc) is 2.18. The van der Waals surface area contributed by atoms with Crippen LogP contribution in [-0.2, 0) is 9.53 Å². The zero-order chi connectivity index (χ0) is 11.1. The summed E-state index contributed by atoms with van der Waals surface area (Å²) in [5.74, 6) is 1.53. The summed E-state index contributed by atoms with van der Waals surface area (Å²) in [6.45, 7) is 7.31. The number of carbonyl (C=O) groups excluding carboxylic acids is 1. The summed E-state index contributed by atoms with van der Waals surface area (Å²) in [4.78, 5) is 11.5. The second-order valence-electron chi connectivity index (χ2n) is 3.90. The van der Waals surface area contributed by atoms with Crippen LogP contribution in [0.15, 0.2) is 12.2 Å². The van der Waals surface area contributed by atoms with Gasteiger partial charge in [0, 0.05) is 25.0 Å². The molecule has 15 heavy (non-hydrogen) atoms. The van der Waals surface area contributed by atoms with Crippen LogP contribution in [0.4, 0.5) is 0 Å². The minimum absolute atomic E-state index is 0.133. The molecule has 1 N–H and O–H groups in total. The molecule has 0 saturated carbocycles. The highest BCUT2D eigenvalue weighted by Crippen LogP contribution is 2.08. The van der Waals surface area contributed by atoms with Crippen LogP contribution in [0.3, 0.4) is 0 Å². The monoisotopic (exact) mass is 229 g/mol. The zero-order valence-electron chi connectivity index (χ0n) is 9.25. The maximum absolute atomic E-state index is 11.5. The molecule has 0 bridgehead atoms. The maximum Gasteiger partial charge on any atom is 0.230 e. The minimum atomic E-state index is 0.133. The van der Waals surface area contributed by atoms with Gasteiger partial charge in [0.05, 0.1) is 5.75 Å². The second kappa shape index (κ2) is 6.90. The van der Waals surface area contributed by atoms with E-state index < -0.39 is 0 Å². The van der Waals surface area contributed by atoms with Gasteiger partial charge in [0.25, 0.3) is 0 Å². The summed E-state index contributed by atoms with van der Waals surface area (Å²) in [5, 5.41) is 3.02. The molecule has 3 nitrogen and oxygen atoms in total. The van der Waals surface area contributed by atoms with E-state index in [4.69, 9.17) is 4.74 Å². The normalized spacial score (nSPS) is 17.4. The number of thioether (sulfide) groups is 1. The predicted molar refractivity (Wildman–Crippen MR) is 64.1 cm³/mol. The van der Waals surface area contributed by atoms with E-state index >= 15 is 0 Å². The van der Waals surface area contributed by atoms with Gasteiger partial charge in [-0.1, -0.05) is 12.2 Å². The smallest absolute Gasteiger partial charge is 0.230 e. The molecule has 0 atom stereocenters. The van der Waals surface area contributed by atoms with Crippen LogP contribution in [0.5, 0.6) is 0 Å². The number of carbonyl (C=O) groups is 1. The molecule has 1 saturated heterocycles. The first kappa shape index (κ1) is 12.6. The van der Waals surface area contributed by atoms with Crippen molar-refractivity contribution < 1.29 is 9.53 Å². The molecular formula is C11H19NO2S. The first-order valence-electron chi connectivity index (χ1n) is 5.27. The molecule has 1 rings (SSSR count). The van der Waals surface area contributed by atoms with Crippen molar-refractivity contribution in [1.82, 2.24) is 5.32 Å². The topological polar surface area (TPSA) is 38.3 Å². The molecule has 86 valence electrons. The Morgan fingerprint density at radius 1 is 1.47 bits per heavy atom. The fourth-order valence-electron chi connectivity index (χ4n) is 1.43. The number of amides is 1. The van der Waals surface area contributed by atoms with Gasteiger partial charge < -0.3 is 10.1 Å². The van der Waals surface area contributed by atoms with E-state index in [9.17, 15) is 4.79 Å². The van der Waals surface area contributed by atoms with Gasteiger partial charge in [0.2, 0.25) is 5.91 Å². The van der Waals surface area contributed by atoms with E-state index in [2.05, 4.69) is 11.9 Å². The molecule has 1 amide bonds. The quantitative estimate of drug-likeness (QED) is 0.728. The molecule has 1 aliphatic heterocycles. The van der Waals surface area contributed by atoms with Crippen molar-refractivity contribution in [3.8, 4) is 0 Å². The Kier molecular flexibility index (Phi) is 5.79. The van der Waals surface area contributed by atoms with Crippen LogP contribution in [0.2, 0.25) is 0 Å². The molecular weight excluding hydrogens is 210 g/mol. The second-order valence-corrected chi connectivity index (χ2v) is 4.89. The van der Waals surface area contributed by atoms with Crippen molar-refractivity contribution >= 4 is 17.7 Å². The number of rotatable bonds is 5. The Morgan fingerprint density at radius 2 is 2.13 bits per heavy atom. The average molecular weight is 229 g/mol. The number of nitrogens with one attached hydrogen (secondary N) is 1. The lowest BCUT2D eigenvalue weighted by Gasteiger charge is -2.22. The Bertz CT molecular complexity index is 225. The standard InChI is InChI=1S/C11H19NO2S/c1-9(2)7-15-8-11(13)12-10-3-5-14-6-4-10/h10H,1,3-8H2,2H3,(H,12,13). The molecule has 1 aliphatic rings. The summed E-state index contributed by atoms with van der Waals surface area (Å²) in [6.07, 6.45) is 1.88. The van der Waals surface area contributed by atoms with Crippen molar-refractivity contribution in [2.24, 2.45) is 0 Å². The molecule has 0 unspecified atom stereocenters. The van der Waals surface area contributed by atoms with Gasteiger partial charge in [0.1, 0.15) is 0 Å². The van der Waals surface area contributed by atoms with Crippen LogP contribution in [0.25, 0.3) is 0 Å². The van der Waals surface area contributed by atoms with Gasteiger partial charge in [0.15, 0.2) is 0 Å². The van der Waals surface area contributed by atoms with Crippen molar-refractivity contribution in [3.05, 3.63) is 12.2 Å². The molecule has 1 fully saturated rings. The fraction of sp³-hybridized carbons (Fsp3) is 0.727. The maximum atomic E-state index is 11.5. The van der Waals surface area contributed by atoms with Gasteiger partial charge >= 0.3 is 0 Å². The third-order valence-corrected chi connectivity index (χ3v) is 3.33. The van der Waals surface area contributed by atoms with Crippen molar-refractivity contribution in [2.75, 3.05) is 24.7 Å². The predicted octanol–water partition coefficient (Wildman–Crippen LogP) is 1.59. The molecule has 0 radical (unpaired) electrons. The van der Waals surface area contributed by atoms with Gasteiger partial charge in [-0.05, 0) is 19.8 Å². The molecule has 4 heteroatoms. The summed E-state index contributed by atoms with van der Waals surface area (Å²) < 4.78 is 5.23. The fourth-order valence-corrected chi connectivity index (χ4v) is 2.15. The van der Waals surface area contributed by atoms with Crippen LogP contribution in [0, 0.1) is 0 Å². The Hall–Kier alpha value is -0.480. The third-order valence-electron chi connectivity index (χ3n) is 2.17. The van der Waals surface area contributed by atoms with Gasteiger partial charge in [-0.2, -0.15) is 0 Å². The summed E-state index contributed by atoms with van der Waals surface area (Å²) in [5.41, 5.74) is 1.11. The summed E-state index contributed by atoms with van der Waals surface area (Å²) in [7, 11) is 0. The highest BCUT2D eigenvalue weighted by Gasteiger charge is 2.15. The lowest BCUT2D eigenvalue weighted by atomic mass is 10.1. The first-order valence-corrected chi connectivity index (χ1v) is 6.43. The molecule has 0 aromatic rings. The van der Waals surface area contributed by atoms with Crippen molar-refractivity contribution in [3.63, 3.8) is 0 Å². The third kappa shape index (κ3) is 5.85. The lowest BCUT2D eigenvalue weighted by Crippen LogP contribution is -2.39. The van der Waals surface area contributed by atoms with Crippen molar-refractivity contribution in [2.45, 2.75) is 25.8 Å². The van der Waals surface area contributed by atoms with Crippen LogP contribution >= 0.6 is 11.8 Å². The Balaban J connectivity index is 2.09.